The highest BCUT2D eigenvalue weighted by atomic mass is 16.3. The molecular formula is C14H21N3O. The van der Waals surface area contributed by atoms with E-state index in [1.807, 2.05) is 12.1 Å². The van der Waals surface area contributed by atoms with E-state index in [1.54, 1.807) is 12.1 Å². The maximum absolute atomic E-state index is 9.41. The van der Waals surface area contributed by atoms with Crippen LogP contribution in [0.2, 0.25) is 0 Å². The molecule has 1 unspecified atom stereocenters. The summed E-state index contributed by atoms with van der Waals surface area (Å²) >= 11 is 0. The Kier molecular flexibility index (Phi) is 3.45. The molecule has 0 radical (unpaired) electrons. The van der Waals surface area contributed by atoms with Crippen molar-refractivity contribution >= 4 is 5.96 Å². The molecule has 0 saturated heterocycles. The molecule has 0 aliphatic carbocycles. The first kappa shape index (κ1) is 12.7. The number of hydrogen-bond acceptors (Lipinski definition) is 4. The van der Waals surface area contributed by atoms with Gasteiger partial charge in [0, 0.05) is 6.54 Å². The second-order valence-corrected chi connectivity index (χ2v) is 4.76. The van der Waals surface area contributed by atoms with Crippen LogP contribution in [0.3, 0.4) is 0 Å². The second kappa shape index (κ2) is 4.88. The molecule has 18 heavy (non-hydrogen) atoms. The highest BCUT2D eigenvalue weighted by molar-refractivity contribution is 5.81. The number of aromatic hydroxyl groups is 1. The molecule has 98 valence electrons. The van der Waals surface area contributed by atoms with Gasteiger partial charge in [-0.2, -0.15) is 0 Å². The first-order chi connectivity index (χ1) is 8.64. The molecule has 3 N–H and O–H groups in total. The Labute approximate surface area is 108 Å². The van der Waals surface area contributed by atoms with E-state index in [4.69, 9.17) is 5.73 Å². The van der Waals surface area contributed by atoms with Gasteiger partial charge in [0.05, 0.1) is 12.1 Å². The molecule has 1 aromatic rings. The van der Waals surface area contributed by atoms with E-state index in [0.29, 0.717) is 18.3 Å². The lowest BCUT2D eigenvalue weighted by Gasteiger charge is -2.39. The number of hydrogen-bond donors (Lipinski definition) is 2. The van der Waals surface area contributed by atoms with Crippen molar-refractivity contribution in [2.45, 2.75) is 32.2 Å². The summed E-state index contributed by atoms with van der Waals surface area (Å²) < 4.78 is 0. The van der Waals surface area contributed by atoms with E-state index >= 15 is 0 Å². The quantitative estimate of drug-likeness (QED) is 0.856. The smallest absolute Gasteiger partial charge is 0.192 e. The zero-order chi connectivity index (χ0) is 13.2. The van der Waals surface area contributed by atoms with Gasteiger partial charge in [-0.15, -0.1) is 0 Å². The van der Waals surface area contributed by atoms with Gasteiger partial charge >= 0.3 is 0 Å². The van der Waals surface area contributed by atoms with Crippen LogP contribution in [0.5, 0.6) is 5.75 Å². The molecule has 4 nitrogen and oxygen atoms in total. The van der Waals surface area contributed by atoms with Gasteiger partial charge in [0.1, 0.15) is 5.75 Å². The van der Waals surface area contributed by atoms with Crippen molar-refractivity contribution in [2.24, 2.45) is 10.7 Å². The van der Waals surface area contributed by atoms with E-state index in [2.05, 4.69) is 23.7 Å². The van der Waals surface area contributed by atoms with Crippen molar-refractivity contribution in [3.05, 3.63) is 29.8 Å². The fourth-order valence-corrected chi connectivity index (χ4v) is 2.68. The van der Waals surface area contributed by atoms with Crippen LogP contribution in [-0.4, -0.2) is 29.1 Å². The lowest BCUT2D eigenvalue weighted by Crippen LogP contribution is -2.49. The predicted molar refractivity (Wildman–Crippen MR) is 73.6 cm³/mol. The Hall–Kier alpha value is -1.71. The zero-order valence-electron chi connectivity index (χ0n) is 11.1. The summed E-state index contributed by atoms with van der Waals surface area (Å²) in [6.45, 7) is 5.90. The van der Waals surface area contributed by atoms with Gasteiger partial charge in [-0.3, -0.25) is 4.99 Å². The molecule has 0 aromatic heterocycles. The van der Waals surface area contributed by atoms with Gasteiger partial charge in [0.15, 0.2) is 5.96 Å². The van der Waals surface area contributed by atoms with Gasteiger partial charge < -0.3 is 15.7 Å². The standard InChI is InChI=1S/C14H21N3O/c1-3-9-17-13(15)16-10-14(17,4-2)11-5-7-12(18)8-6-11/h5-8,18H,3-4,9-10H2,1-2H3,(H2,15,16). The molecule has 2 rings (SSSR count). The van der Waals surface area contributed by atoms with Crippen LogP contribution in [0.4, 0.5) is 0 Å². The minimum atomic E-state index is -0.145. The molecule has 4 heteroatoms. The van der Waals surface area contributed by atoms with Crippen molar-refractivity contribution in [3.8, 4) is 5.75 Å². The Bertz CT molecular complexity index is 441. The summed E-state index contributed by atoms with van der Waals surface area (Å²) in [5.74, 6) is 0.922. The van der Waals surface area contributed by atoms with Gasteiger partial charge in [0.25, 0.3) is 0 Å². The van der Waals surface area contributed by atoms with Crippen LogP contribution in [0, 0.1) is 0 Å². The summed E-state index contributed by atoms with van der Waals surface area (Å²) in [6.07, 6.45) is 1.98. The van der Waals surface area contributed by atoms with E-state index < -0.39 is 0 Å². The Morgan fingerprint density at radius 1 is 1.33 bits per heavy atom. The topological polar surface area (TPSA) is 61.8 Å². The first-order valence-electron chi connectivity index (χ1n) is 6.51. The third kappa shape index (κ3) is 1.92. The number of guanidine groups is 1. The molecule has 1 heterocycles. The summed E-state index contributed by atoms with van der Waals surface area (Å²) in [5.41, 5.74) is 7.03. The monoisotopic (exact) mass is 247 g/mol. The molecule has 0 saturated carbocycles. The highest BCUT2D eigenvalue weighted by Crippen LogP contribution is 2.36. The summed E-state index contributed by atoms with van der Waals surface area (Å²) in [7, 11) is 0. The van der Waals surface area contributed by atoms with Crippen LogP contribution in [0.25, 0.3) is 0 Å². The summed E-state index contributed by atoms with van der Waals surface area (Å²) in [4.78, 5) is 6.61. The molecule has 1 aliphatic rings. The number of rotatable bonds is 4. The third-order valence-electron chi connectivity index (χ3n) is 3.73. The molecule has 0 spiro atoms. The van der Waals surface area contributed by atoms with Crippen LogP contribution >= 0.6 is 0 Å². The van der Waals surface area contributed by atoms with E-state index in [9.17, 15) is 5.11 Å². The van der Waals surface area contributed by atoms with E-state index in [0.717, 1.165) is 19.4 Å². The van der Waals surface area contributed by atoms with Gasteiger partial charge in [-0.1, -0.05) is 26.0 Å². The van der Waals surface area contributed by atoms with Gasteiger partial charge in [0.2, 0.25) is 0 Å². The normalized spacial score (nSPS) is 23.2. The van der Waals surface area contributed by atoms with Crippen LogP contribution < -0.4 is 5.73 Å². The fraction of sp³-hybridized carbons (Fsp3) is 0.500. The van der Waals surface area contributed by atoms with Crippen LogP contribution in [0.15, 0.2) is 29.3 Å². The van der Waals surface area contributed by atoms with Gasteiger partial charge in [-0.05, 0) is 30.5 Å². The number of phenolic OH excluding ortho intramolecular Hbond substituents is 1. The van der Waals surface area contributed by atoms with Crippen LogP contribution in [0.1, 0.15) is 32.3 Å². The number of aliphatic imine (C=N–C) groups is 1. The SMILES string of the molecule is CCCN1C(N)=NCC1(CC)c1ccc(O)cc1. The van der Waals surface area contributed by atoms with Crippen molar-refractivity contribution in [3.63, 3.8) is 0 Å². The maximum atomic E-state index is 9.41. The maximum Gasteiger partial charge on any atom is 0.192 e. The minimum Gasteiger partial charge on any atom is -0.508 e. The fourth-order valence-electron chi connectivity index (χ4n) is 2.68. The molecule has 1 atom stereocenters. The largest absolute Gasteiger partial charge is 0.508 e. The summed E-state index contributed by atoms with van der Waals surface area (Å²) in [6, 6.07) is 7.39. The van der Waals surface area contributed by atoms with Crippen molar-refractivity contribution < 1.29 is 5.11 Å². The lowest BCUT2D eigenvalue weighted by molar-refractivity contribution is 0.194. The number of benzene rings is 1. The molecule has 0 amide bonds. The molecular weight excluding hydrogens is 226 g/mol. The average Bonchev–Trinajstić information content (AvgIpc) is 2.70. The highest BCUT2D eigenvalue weighted by Gasteiger charge is 2.41. The Morgan fingerprint density at radius 2 is 2.00 bits per heavy atom. The van der Waals surface area contributed by atoms with E-state index in [-0.39, 0.29) is 5.54 Å². The molecule has 1 aliphatic heterocycles. The lowest BCUT2D eigenvalue weighted by atomic mass is 9.86. The number of nitrogens with zero attached hydrogens (tertiary/aromatic N) is 2. The Morgan fingerprint density at radius 3 is 2.56 bits per heavy atom. The summed E-state index contributed by atoms with van der Waals surface area (Å²) in [5, 5.41) is 9.41. The van der Waals surface area contributed by atoms with Crippen molar-refractivity contribution in [2.75, 3.05) is 13.1 Å². The second-order valence-electron chi connectivity index (χ2n) is 4.76. The number of phenols is 1. The van der Waals surface area contributed by atoms with Crippen molar-refractivity contribution in [1.82, 2.24) is 4.90 Å². The Balaban J connectivity index is 2.39. The van der Waals surface area contributed by atoms with Gasteiger partial charge in [-0.25, -0.2) is 0 Å². The third-order valence-corrected chi connectivity index (χ3v) is 3.73. The predicted octanol–water partition coefficient (Wildman–Crippen LogP) is 2.04. The first-order valence-corrected chi connectivity index (χ1v) is 6.51. The van der Waals surface area contributed by atoms with E-state index in [1.165, 1.54) is 5.56 Å². The minimum absolute atomic E-state index is 0.145. The molecule has 0 bridgehead atoms. The zero-order valence-corrected chi connectivity index (χ0v) is 11.1. The number of nitrogens with two attached hydrogens (primary N) is 1. The molecule has 0 fully saturated rings. The van der Waals surface area contributed by atoms with Crippen molar-refractivity contribution in [1.29, 1.82) is 0 Å². The van der Waals surface area contributed by atoms with Crippen LogP contribution in [-0.2, 0) is 5.54 Å². The average molecular weight is 247 g/mol. The molecule has 1 aromatic carbocycles.